The Kier molecular flexibility index (Phi) is 25.4. The second kappa shape index (κ2) is 11.4. The molecule has 0 saturated heterocycles. The number of hydrogen-bond donors (Lipinski definition) is 2. The van der Waals surface area contributed by atoms with Crippen molar-refractivity contribution < 1.29 is 21.1 Å². The fourth-order valence-electron chi connectivity index (χ4n) is 0. The van der Waals surface area contributed by atoms with Crippen LogP contribution < -0.4 is 5.84 Å². The first kappa shape index (κ1) is 8.94. The topological polar surface area (TPSA) is 62.2 Å². The van der Waals surface area contributed by atoms with E-state index >= 15 is 0 Å². The average molecular weight is 240 g/mol. The van der Waals surface area contributed by atoms with Crippen molar-refractivity contribution in [3.05, 3.63) is 0 Å². The van der Waals surface area contributed by atoms with Crippen LogP contribution in [0.5, 0.6) is 0 Å². The third kappa shape index (κ3) is 317. The van der Waals surface area contributed by atoms with E-state index in [9.17, 15) is 0 Å². The normalized spacial score (nSPS) is 3.00. The number of nitrogens with two attached hydrogens (primary N) is 1. The predicted molar refractivity (Wildman–Crippen MR) is 9.34 cm³/mol. The van der Waals surface area contributed by atoms with Crippen molar-refractivity contribution in [3.63, 3.8) is 0 Å². The van der Waals surface area contributed by atoms with Crippen molar-refractivity contribution in [2.75, 3.05) is 0 Å². The molecule has 0 rings (SSSR count). The maximum atomic E-state index is 5.61. The molecule has 0 unspecified atom stereocenters. The quantitative estimate of drug-likeness (QED) is 0.346. The Hall–Kier alpha value is 0.0883. The molecule has 0 aromatic carbocycles. The summed E-state index contributed by atoms with van der Waals surface area (Å²) in [5, 5.41) is 2.25. The molecule has 0 saturated carbocycles. The smallest absolute Gasteiger partial charge is 0 e. The molecule has 0 aromatic rings. The van der Waals surface area contributed by atoms with Gasteiger partial charge in [0.15, 0.2) is 0 Å². The SMILES string of the molecule is N=NN.[Pt]. The van der Waals surface area contributed by atoms with Gasteiger partial charge < -0.3 is 5.84 Å². The predicted octanol–water partition coefficient (Wildman–Crippen LogP) is -0.111. The first-order chi connectivity index (χ1) is 1.41. The van der Waals surface area contributed by atoms with E-state index in [2.05, 4.69) is 11.1 Å². The van der Waals surface area contributed by atoms with Crippen LogP contribution >= 0.6 is 0 Å². The van der Waals surface area contributed by atoms with Gasteiger partial charge in [0.2, 0.25) is 0 Å². The largest absolute Gasteiger partial charge is 0.305 e. The van der Waals surface area contributed by atoms with Crippen LogP contribution in [0.1, 0.15) is 0 Å². The van der Waals surface area contributed by atoms with E-state index in [1.54, 1.807) is 0 Å². The van der Waals surface area contributed by atoms with Crippen molar-refractivity contribution in [2.45, 2.75) is 0 Å². The summed E-state index contributed by atoms with van der Waals surface area (Å²) in [7, 11) is 0. The summed E-state index contributed by atoms with van der Waals surface area (Å²) in [6, 6.07) is 0. The Morgan fingerprint density at radius 2 is 1.75 bits per heavy atom. The van der Waals surface area contributed by atoms with E-state index in [1.807, 2.05) is 0 Å². The molecule has 0 fully saturated rings. The molecule has 0 atom stereocenters. The Balaban J connectivity index is 0. The summed E-state index contributed by atoms with van der Waals surface area (Å²) >= 11 is 0. The summed E-state index contributed by atoms with van der Waals surface area (Å²) in [5.74, 6) is 4.14. The van der Waals surface area contributed by atoms with Gasteiger partial charge in [0.1, 0.15) is 0 Å². The Morgan fingerprint density at radius 3 is 1.75 bits per heavy atom. The molecular formula is H3N3Pt. The van der Waals surface area contributed by atoms with Crippen molar-refractivity contribution in [3.8, 4) is 0 Å². The zero-order valence-corrected chi connectivity index (χ0v) is 4.11. The molecule has 0 spiro atoms. The summed E-state index contributed by atoms with van der Waals surface area (Å²) in [6.45, 7) is 0. The van der Waals surface area contributed by atoms with Gasteiger partial charge in [-0.05, 0) is 0 Å². The van der Waals surface area contributed by atoms with Gasteiger partial charge in [0.25, 0.3) is 0 Å². The molecule has 0 aromatic heterocycles. The van der Waals surface area contributed by atoms with E-state index in [4.69, 9.17) is 5.53 Å². The van der Waals surface area contributed by atoms with Gasteiger partial charge in [-0.15, -0.1) is 0 Å². The van der Waals surface area contributed by atoms with Crippen LogP contribution in [0.4, 0.5) is 0 Å². The number of rotatable bonds is 0. The third-order valence-electron chi connectivity index (χ3n) is 0. The van der Waals surface area contributed by atoms with Crippen LogP contribution in [0.3, 0.4) is 0 Å². The standard InChI is InChI=1S/H3N3.Pt/c1-3-2;/h(H3,1,2);. The molecule has 0 aliphatic carbocycles. The number of nitrogens with one attached hydrogen (secondary N) is 1. The molecule has 0 aliphatic heterocycles. The minimum atomic E-state index is 0. The summed E-state index contributed by atoms with van der Waals surface area (Å²) in [5.41, 5.74) is 5.61. The minimum Gasteiger partial charge on any atom is -0.305 e. The maximum Gasteiger partial charge on any atom is 0 e. The molecular weight excluding hydrogens is 237 g/mol. The number of hydrogen-bond acceptors (Lipinski definition) is 2. The number of nitrogens with zero attached hydrogens (tertiary/aromatic N) is 1. The van der Waals surface area contributed by atoms with Crippen molar-refractivity contribution in [1.29, 1.82) is 5.53 Å². The molecule has 0 aliphatic rings. The van der Waals surface area contributed by atoms with Crippen LogP contribution in [0, 0.1) is 5.53 Å². The minimum absolute atomic E-state index is 0. The molecule has 0 amide bonds. The molecule has 0 bridgehead atoms. The summed E-state index contributed by atoms with van der Waals surface area (Å²) in [6.07, 6.45) is 0. The second-order valence-corrected chi connectivity index (χ2v) is 0.129. The van der Waals surface area contributed by atoms with Gasteiger partial charge in [0.05, 0.1) is 0 Å². The second-order valence-electron chi connectivity index (χ2n) is 0.129. The Bertz CT molecular complexity index is 10.8. The van der Waals surface area contributed by atoms with Gasteiger partial charge in [-0.2, -0.15) is 5.53 Å². The van der Waals surface area contributed by atoms with Crippen LogP contribution in [0.15, 0.2) is 5.22 Å². The maximum absolute atomic E-state index is 5.61. The molecule has 28 valence electrons. The molecule has 0 heterocycles. The summed E-state index contributed by atoms with van der Waals surface area (Å²) < 4.78 is 0. The van der Waals surface area contributed by atoms with Gasteiger partial charge in [-0.3, -0.25) is 0 Å². The van der Waals surface area contributed by atoms with Crippen molar-refractivity contribution in [2.24, 2.45) is 11.1 Å². The van der Waals surface area contributed by atoms with Crippen LogP contribution in [-0.4, -0.2) is 0 Å². The van der Waals surface area contributed by atoms with E-state index in [1.165, 1.54) is 0 Å². The molecule has 0 radical (unpaired) electrons. The van der Waals surface area contributed by atoms with Gasteiger partial charge in [0, 0.05) is 21.1 Å². The molecule has 4 heavy (non-hydrogen) atoms. The molecule has 3 nitrogen and oxygen atoms in total. The molecule has 3 N–H and O–H groups in total. The summed E-state index contributed by atoms with van der Waals surface area (Å²) in [4.78, 5) is 0. The van der Waals surface area contributed by atoms with Gasteiger partial charge >= 0.3 is 0 Å². The Morgan fingerprint density at radius 1 is 1.75 bits per heavy atom. The first-order valence-corrected chi connectivity index (χ1v) is 0.482. The monoisotopic (exact) mass is 240 g/mol. The molecule has 4 heteroatoms. The van der Waals surface area contributed by atoms with E-state index in [0.29, 0.717) is 0 Å². The van der Waals surface area contributed by atoms with Crippen LogP contribution in [0.2, 0.25) is 0 Å². The van der Waals surface area contributed by atoms with E-state index < -0.39 is 0 Å². The Labute approximate surface area is 38.3 Å². The van der Waals surface area contributed by atoms with Crippen LogP contribution in [0.25, 0.3) is 0 Å². The van der Waals surface area contributed by atoms with Crippen LogP contribution in [-0.2, 0) is 21.1 Å². The first-order valence-electron chi connectivity index (χ1n) is 0.482. The van der Waals surface area contributed by atoms with Crippen molar-refractivity contribution >= 4 is 0 Å². The zero-order valence-electron chi connectivity index (χ0n) is 1.84. The zero-order chi connectivity index (χ0) is 2.71. The van der Waals surface area contributed by atoms with Crippen molar-refractivity contribution in [1.82, 2.24) is 0 Å². The van der Waals surface area contributed by atoms with Gasteiger partial charge in [-0.25, -0.2) is 0 Å². The van der Waals surface area contributed by atoms with E-state index in [0.717, 1.165) is 0 Å². The average Bonchev–Trinajstić information content (AvgIpc) is 0.918. The third-order valence-corrected chi connectivity index (χ3v) is 0. The van der Waals surface area contributed by atoms with Gasteiger partial charge in [-0.1, -0.05) is 5.22 Å². The van der Waals surface area contributed by atoms with E-state index in [-0.39, 0.29) is 21.1 Å². The fraction of sp³-hybridized carbons (Fsp3) is 0. The fourth-order valence-corrected chi connectivity index (χ4v) is 0.